The largest absolute Gasteiger partial charge is 0.320 e. The van der Waals surface area contributed by atoms with E-state index in [2.05, 4.69) is 23.5 Å². The molecule has 1 saturated heterocycles. The summed E-state index contributed by atoms with van der Waals surface area (Å²) in [6.07, 6.45) is 2.02. The fourth-order valence-corrected chi connectivity index (χ4v) is 4.54. The monoisotopic (exact) mass is 327 g/mol. The second-order valence-electron chi connectivity index (χ2n) is 5.19. The normalized spacial score (nSPS) is 20.0. The summed E-state index contributed by atoms with van der Waals surface area (Å²) < 4.78 is 28.8. The smallest absolute Gasteiger partial charge is 0.279 e. The Kier molecular flexibility index (Phi) is 5.79. The van der Waals surface area contributed by atoms with Gasteiger partial charge in [0, 0.05) is 30.1 Å². The number of nitrogens with zero attached hydrogens (tertiary/aromatic N) is 1. The van der Waals surface area contributed by atoms with Gasteiger partial charge in [-0.05, 0) is 30.2 Å². The van der Waals surface area contributed by atoms with Crippen LogP contribution in [-0.4, -0.2) is 32.4 Å². The lowest BCUT2D eigenvalue weighted by Crippen LogP contribution is -2.45. The zero-order valence-electron chi connectivity index (χ0n) is 12.1. The molecule has 1 aromatic heterocycles. The van der Waals surface area contributed by atoms with Crippen LogP contribution in [0, 0.1) is 17.8 Å². The van der Waals surface area contributed by atoms with E-state index in [1.165, 1.54) is 11.3 Å². The summed E-state index contributed by atoms with van der Waals surface area (Å²) >= 11 is 1.50. The van der Waals surface area contributed by atoms with Crippen LogP contribution in [0.15, 0.2) is 11.4 Å². The van der Waals surface area contributed by atoms with Crippen LogP contribution in [0.5, 0.6) is 0 Å². The lowest BCUT2D eigenvalue weighted by Gasteiger charge is -2.29. The molecule has 21 heavy (non-hydrogen) atoms. The van der Waals surface area contributed by atoms with Gasteiger partial charge in [-0.2, -0.15) is 17.4 Å². The fraction of sp³-hybridized carbons (Fsp3) is 0.571. The third kappa shape index (κ3) is 4.53. The number of piperidine rings is 1. The Morgan fingerprint density at radius 3 is 3.10 bits per heavy atom. The van der Waals surface area contributed by atoms with Gasteiger partial charge in [0.05, 0.1) is 6.54 Å². The van der Waals surface area contributed by atoms with E-state index in [0.717, 1.165) is 23.3 Å². The Balaban J connectivity index is 2.00. The van der Waals surface area contributed by atoms with Crippen molar-refractivity contribution < 1.29 is 8.42 Å². The maximum Gasteiger partial charge on any atom is 0.279 e. The van der Waals surface area contributed by atoms with Gasteiger partial charge in [-0.1, -0.05) is 18.8 Å². The molecule has 0 aromatic carbocycles. The summed E-state index contributed by atoms with van der Waals surface area (Å²) in [5.41, 5.74) is 6.21. The molecule has 1 atom stereocenters. The predicted molar refractivity (Wildman–Crippen MR) is 86.0 cm³/mol. The molecule has 5 nitrogen and oxygen atoms in total. The van der Waals surface area contributed by atoms with Gasteiger partial charge in [0.1, 0.15) is 0 Å². The number of hydrogen-bond donors (Lipinski definition) is 2. The maximum absolute atomic E-state index is 12.3. The molecule has 1 aliphatic heterocycles. The first kappa shape index (κ1) is 16.5. The lowest BCUT2D eigenvalue weighted by molar-refractivity contribution is 0.278. The minimum atomic E-state index is -3.41. The van der Waals surface area contributed by atoms with Crippen LogP contribution in [0.2, 0.25) is 0 Å². The van der Waals surface area contributed by atoms with Crippen LogP contribution in [0.4, 0.5) is 0 Å². The highest BCUT2D eigenvalue weighted by Crippen LogP contribution is 2.19. The second-order valence-corrected chi connectivity index (χ2v) is 7.95. The van der Waals surface area contributed by atoms with Gasteiger partial charge >= 0.3 is 0 Å². The summed E-state index contributed by atoms with van der Waals surface area (Å²) in [6.45, 7) is 3.86. The first-order chi connectivity index (χ1) is 10.0. The summed E-state index contributed by atoms with van der Waals surface area (Å²) in [6, 6.07) is 1.89. The van der Waals surface area contributed by atoms with E-state index >= 15 is 0 Å². The molecule has 1 fully saturated rings. The van der Waals surface area contributed by atoms with Gasteiger partial charge < -0.3 is 5.73 Å². The van der Waals surface area contributed by atoms with E-state index in [0.29, 0.717) is 25.6 Å². The van der Waals surface area contributed by atoms with Crippen molar-refractivity contribution in [2.75, 3.05) is 19.6 Å². The van der Waals surface area contributed by atoms with Gasteiger partial charge in [0.2, 0.25) is 0 Å². The third-order valence-electron chi connectivity index (χ3n) is 3.45. The van der Waals surface area contributed by atoms with Gasteiger partial charge in [0.25, 0.3) is 10.2 Å². The molecule has 1 aromatic rings. The zero-order chi connectivity index (χ0) is 15.3. The average Bonchev–Trinajstić information content (AvgIpc) is 2.90. The van der Waals surface area contributed by atoms with Crippen LogP contribution in [0.1, 0.15) is 30.2 Å². The summed E-state index contributed by atoms with van der Waals surface area (Å²) in [5.74, 6) is 6.18. The molecule has 1 aliphatic rings. The quantitative estimate of drug-likeness (QED) is 0.814. The molecule has 0 radical (unpaired) electrons. The van der Waals surface area contributed by atoms with Gasteiger partial charge in [-0.15, -0.1) is 11.3 Å². The first-order valence-corrected chi connectivity index (χ1v) is 9.35. The Morgan fingerprint density at radius 2 is 2.38 bits per heavy atom. The molecular weight excluding hydrogens is 306 g/mol. The Labute approximate surface area is 130 Å². The standard InChI is InChI=1S/C14H21N3O2S2/c1-12-4-3-8-17(11-12)21(18,19)16-10-14-13(5-2-7-15)6-9-20-14/h6,9,12,16H,3-4,7-8,10-11,15H2,1H3. The van der Waals surface area contributed by atoms with Gasteiger partial charge in [0.15, 0.2) is 0 Å². The minimum absolute atomic E-state index is 0.277. The van der Waals surface area contributed by atoms with E-state index in [9.17, 15) is 8.42 Å². The molecule has 0 bridgehead atoms. The van der Waals surface area contributed by atoms with Crippen molar-refractivity contribution in [3.8, 4) is 11.8 Å². The molecule has 2 heterocycles. The molecule has 2 rings (SSSR count). The van der Waals surface area contributed by atoms with Crippen molar-refractivity contribution in [3.63, 3.8) is 0 Å². The molecule has 1 unspecified atom stereocenters. The summed E-state index contributed by atoms with van der Waals surface area (Å²) in [7, 11) is -3.41. The van der Waals surface area contributed by atoms with E-state index in [1.807, 2.05) is 11.4 Å². The molecular formula is C14H21N3O2S2. The van der Waals surface area contributed by atoms with Crippen LogP contribution < -0.4 is 10.5 Å². The Bertz CT molecular complexity index is 628. The van der Waals surface area contributed by atoms with Crippen LogP contribution in [0.3, 0.4) is 0 Å². The maximum atomic E-state index is 12.3. The van der Waals surface area contributed by atoms with E-state index in [-0.39, 0.29) is 6.54 Å². The van der Waals surface area contributed by atoms with Gasteiger partial charge in [-0.3, -0.25) is 0 Å². The van der Waals surface area contributed by atoms with Crippen LogP contribution in [0.25, 0.3) is 0 Å². The second kappa shape index (κ2) is 7.38. The highest BCUT2D eigenvalue weighted by Gasteiger charge is 2.26. The van der Waals surface area contributed by atoms with Crippen molar-refractivity contribution in [3.05, 3.63) is 21.9 Å². The number of nitrogens with one attached hydrogen (secondary N) is 1. The molecule has 7 heteroatoms. The minimum Gasteiger partial charge on any atom is -0.320 e. The zero-order valence-corrected chi connectivity index (χ0v) is 13.8. The van der Waals surface area contributed by atoms with Crippen LogP contribution >= 0.6 is 11.3 Å². The van der Waals surface area contributed by atoms with Crippen molar-refractivity contribution in [2.24, 2.45) is 11.7 Å². The lowest BCUT2D eigenvalue weighted by atomic mass is 10.0. The van der Waals surface area contributed by atoms with E-state index < -0.39 is 10.2 Å². The summed E-state index contributed by atoms with van der Waals surface area (Å²) in [4.78, 5) is 0.921. The van der Waals surface area contributed by atoms with Crippen molar-refractivity contribution >= 4 is 21.5 Å². The van der Waals surface area contributed by atoms with Crippen molar-refractivity contribution in [2.45, 2.75) is 26.3 Å². The topological polar surface area (TPSA) is 75.4 Å². The van der Waals surface area contributed by atoms with E-state index in [1.54, 1.807) is 4.31 Å². The molecule has 0 saturated carbocycles. The first-order valence-electron chi connectivity index (χ1n) is 7.03. The van der Waals surface area contributed by atoms with Crippen LogP contribution in [-0.2, 0) is 16.8 Å². The summed E-state index contributed by atoms with van der Waals surface area (Å²) in [5, 5.41) is 1.91. The SMILES string of the molecule is CC1CCCN(S(=O)(=O)NCc2sccc2C#CCN)C1. The van der Waals surface area contributed by atoms with E-state index in [4.69, 9.17) is 5.73 Å². The Hall–Kier alpha value is -0.910. The third-order valence-corrected chi connectivity index (χ3v) is 5.89. The highest BCUT2D eigenvalue weighted by molar-refractivity contribution is 7.87. The highest BCUT2D eigenvalue weighted by atomic mass is 32.2. The average molecular weight is 327 g/mol. The molecule has 3 N–H and O–H groups in total. The molecule has 0 spiro atoms. The Morgan fingerprint density at radius 1 is 1.57 bits per heavy atom. The van der Waals surface area contributed by atoms with Crippen molar-refractivity contribution in [1.29, 1.82) is 0 Å². The molecule has 0 amide bonds. The van der Waals surface area contributed by atoms with Gasteiger partial charge in [-0.25, -0.2) is 0 Å². The fourth-order valence-electron chi connectivity index (χ4n) is 2.35. The molecule has 0 aliphatic carbocycles. The van der Waals surface area contributed by atoms with Crippen molar-refractivity contribution in [1.82, 2.24) is 9.03 Å². The number of thiophene rings is 1. The number of rotatable bonds is 4. The number of nitrogens with two attached hydrogens (primary N) is 1. The predicted octanol–water partition coefficient (Wildman–Crippen LogP) is 1.12. The number of hydrogen-bond acceptors (Lipinski definition) is 4. The molecule has 116 valence electrons.